The lowest BCUT2D eigenvalue weighted by atomic mass is 10.2. The molecule has 0 aliphatic heterocycles. The number of nitrogens with one attached hydrogen (secondary N) is 1. The number of ether oxygens (including phenoxy) is 2. The van der Waals surface area contributed by atoms with Gasteiger partial charge >= 0.3 is 5.97 Å². The summed E-state index contributed by atoms with van der Waals surface area (Å²) in [5.74, 6) is -0.0495. The van der Waals surface area contributed by atoms with Crippen LogP contribution in [0.2, 0.25) is 0 Å². The topological polar surface area (TPSA) is 90.7 Å². The Balaban J connectivity index is 3.04. The van der Waals surface area contributed by atoms with Crippen LogP contribution >= 0.6 is 0 Å². The van der Waals surface area contributed by atoms with E-state index in [2.05, 4.69) is 10.1 Å². The van der Waals surface area contributed by atoms with Crippen LogP contribution in [0.5, 0.6) is 5.75 Å². The van der Waals surface area contributed by atoms with E-state index in [9.17, 15) is 14.9 Å². The molecule has 1 N–H and O–H groups in total. The minimum Gasteiger partial charge on any atom is -0.494 e. The molecule has 1 unspecified atom stereocenters. The molecular weight excluding hydrogens is 264 g/mol. The fourth-order valence-corrected chi connectivity index (χ4v) is 1.70. The molecule has 1 aromatic rings. The number of benzene rings is 1. The van der Waals surface area contributed by atoms with Crippen molar-refractivity contribution in [2.75, 3.05) is 19.0 Å². The SMILES string of the molecule is CCOc1ccc(NC(CC)C(=O)OC)c([N+](=O)[O-])c1. The lowest BCUT2D eigenvalue weighted by Gasteiger charge is -2.16. The second kappa shape index (κ2) is 7.32. The molecule has 1 aromatic carbocycles. The van der Waals surface area contributed by atoms with Gasteiger partial charge in [-0.05, 0) is 25.5 Å². The predicted octanol–water partition coefficient (Wildman–Crippen LogP) is 2.36. The highest BCUT2D eigenvalue weighted by Gasteiger charge is 2.22. The molecule has 0 aliphatic rings. The summed E-state index contributed by atoms with van der Waals surface area (Å²) in [7, 11) is 1.28. The molecule has 0 aliphatic carbocycles. The first-order valence-electron chi connectivity index (χ1n) is 6.29. The van der Waals surface area contributed by atoms with Gasteiger partial charge in [-0.25, -0.2) is 4.79 Å². The molecule has 0 saturated heterocycles. The number of nitrogens with zero attached hydrogens (tertiary/aromatic N) is 1. The predicted molar refractivity (Wildman–Crippen MR) is 74.0 cm³/mol. The number of anilines is 1. The summed E-state index contributed by atoms with van der Waals surface area (Å²) >= 11 is 0. The number of hydrogen-bond acceptors (Lipinski definition) is 6. The highest BCUT2D eigenvalue weighted by molar-refractivity contribution is 5.80. The minimum atomic E-state index is -0.628. The summed E-state index contributed by atoms with van der Waals surface area (Å²) in [5, 5.41) is 13.9. The molecule has 0 spiro atoms. The van der Waals surface area contributed by atoms with Gasteiger partial charge in [-0.3, -0.25) is 10.1 Å². The maximum Gasteiger partial charge on any atom is 0.328 e. The van der Waals surface area contributed by atoms with Crippen molar-refractivity contribution in [1.29, 1.82) is 0 Å². The van der Waals surface area contributed by atoms with Crippen LogP contribution in [0.4, 0.5) is 11.4 Å². The standard InChI is InChI=1S/C13H18N2O5/c1-4-10(13(16)19-3)14-11-7-6-9(20-5-2)8-12(11)15(17)18/h6-8,10,14H,4-5H2,1-3H3. The van der Waals surface area contributed by atoms with Gasteiger partial charge in [0.15, 0.2) is 0 Å². The van der Waals surface area contributed by atoms with Crippen molar-refractivity contribution in [1.82, 2.24) is 0 Å². The smallest absolute Gasteiger partial charge is 0.328 e. The first-order chi connectivity index (χ1) is 9.53. The molecule has 0 fully saturated rings. The van der Waals surface area contributed by atoms with Crippen molar-refractivity contribution in [3.63, 3.8) is 0 Å². The van der Waals surface area contributed by atoms with E-state index in [4.69, 9.17) is 4.74 Å². The fraction of sp³-hybridized carbons (Fsp3) is 0.462. The van der Waals surface area contributed by atoms with E-state index in [0.717, 1.165) is 0 Å². The van der Waals surface area contributed by atoms with Gasteiger partial charge in [-0.1, -0.05) is 6.92 Å². The summed E-state index contributed by atoms with van der Waals surface area (Å²) in [4.78, 5) is 22.1. The van der Waals surface area contributed by atoms with Crippen LogP contribution < -0.4 is 10.1 Å². The first kappa shape index (κ1) is 15.7. The van der Waals surface area contributed by atoms with E-state index >= 15 is 0 Å². The van der Waals surface area contributed by atoms with E-state index in [1.165, 1.54) is 19.2 Å². The van der Waals surface area contributed by atoms with Crippen LogP contribution in [0.3, 0.4) is 0 Å². The normalized spacial score (nSPS) is 11.6. The van der Waals surface area contributed by atoms with Crippen LogP contribution in [0.1, 0.15) is 20.3 Å². The zero-order valence-electron chi connectivity index (χ0n) is 11.7. The molecule has 0 saturated carbocycles. The Hall–Kier alpha value is -2.31. The lowest BCUT2D eigenvalue weighted by molar-refractivity contribution is -0.384. The largest absolute Gasteiger partial charge is 0.494 e. The molecule has 0 amide bonds. The number of rotatable bonds is 7. The molecule has 0 bridgehead atoms. The van der Waals surface area contributed by atoms with Crippen molar-refractivity contribution in [3.05, 3.63) is 28.3 Å². The molecular formula is C13H18N2O5. The van der Waals surface area contributed by atoms with Gasteiger partial charge in [0.2, 0.25) is 0 Å². The van der Waals surface area contributed by atoms with Crippen molar-refractivity contribution < 1.29 is 19.2 Å². The highest BCUT2D eigenvalue weighted by Crippen LogP contribution is 2.30. The van der Waals surface area contributed by atoms with Gasteiger partial charge in [0.1, 0.15) is 17.5 Å². The molecule has 0 aromatic heterocycles. The van der Waals surface area contributed by atoms with Crippen LogP contribution in [0, 0.1) is 10.1 Å². The van der Waals surface area contributed by atoms with Crippen LogP contribution in [-0.4, -0.2) is 30.7 Å². The van der Waals surface area contributed by atoms with E-state index in [-0.39, 0.29) is 11.4 Å². The Bertz CT molecular complexity index is 490. The van der Waals surface area contributed by atoms with Gasteiger partial charge in [0.05, 0.1) is 24.7 Å². The Morgan fingerprint density at radius 3 is 2.65 bits per heavy atom. The fourth-order valence-electron chi connectivity index (χ4n) is 1.70. The summed E-state index contributed by atoms with van der Waals surface area (Å²) in [6.07, 6.45) is 0.455. The van der Waals surface area contributed by atoms with E-state index in [0.29, 0.717) is 18.8 Å². The van der Waals surface area contributed by atoms with E-state index < -0.39 is 16.9 Å². The molecule has 20 heavy (non-hydrogen) atoms. The number of esters is 1. The molecule has 110 valence electrons. The maximum atomic E-state index is 11.5. The number of carbonyl (C=O) groups excluding carboxylic acids is 1. The molecule has 7 heteroatoms. The quantitative estimate of drug-likeness (QED) is 0.469. The van der Waals surface area contributed by atoms with Gasteiger partial charge in [-0.2, -0.15) is 0 Å². The van der Waals surface area contributed by atoms with Crippen molar-refractivity contribution in [2.45, 2.75) is 26.3 Å². The number of methoxy groups -OCH3 is 1. The minimum absolute atomic E-state index is 0.140. The van der Waals surface area contributed by atoms with Crippen LogP contribution in [-0.2, 0) is 9.53 Å². The molecule has 1 atom stereocenters. The Kier molecular flexibility index (Phi) is 5.76. The van der Waals surface area contributed by atoms with Crippen molar-refractivity contribution >= 4 is 17.3 Å². The second-order valence-corrected chi connectivity index (χ2v) is 4.00. The number of carbonyl (C=O) groups is 1. The van der Waals surface area contributed by atoms with Gasteiger partial charge < -0.3 is 14.8 Å². The molecule has 7 nitrogen and oxygen atoms in total. The van der Waals surface area contributed by atoms with Gasteiger partial charge in [-0.15, -0.1) is 0 Å². The van der Waals surface area contributed by atoms with Crippen LogP contribution in [0.25, 0.3) is 0 Å². The average Bonchev–Trinajstić information content (AvgIpc) is 2.45. The maximum absolute atomic E-state index is 11.5. The first-order valence-corrected chi connectivity index (χ1v) is 6.29. The molecule has 0 radical (unpaired) electrons. The van der Waals surface area contributed by atoms with Crippen molar-refractivity contribution in [2.24, 2.45) is 0 Å². The summed E-state index contributed by atoms with van der Waals surface area (Å²) in [6.45, 7) is 4.00. The Morgan fingerprint density at radius 1 is 1.45 bits per heavy atom. The zero-order valence-corrected chi connectivity index (χ0v) is 11.7. The number of hydrogen-bond donors (Lipinski definition) is 1. The molecule has 0 heterocycles. The zero-order chi connectivity index (χ0) is 15.1. The lowest BCUT2D eigenvalue weighted by Crippen LogP contribution is -2.30. The van der Waals surface area contributed by atoms with Crippen molar-refractivity contribution in [3.8, 4) is 5.75 Å². The van der Waals surface area contributed by atoms with E-state index in [1.807, 2.05) is 0 Å². The summed E-state index contributed by atoms with van der Waals surface area (Å²) in [5.41, 5.74) is 0.119. The van der Waals surface area contributed by atoms with Gasteiger partial charge in [0, 0.05) is 0 Å². The third-order valence-electron chi connectivity index (χ3n) is 2.70. The molecule has 1 rings (SSSR count). The third kappa shape index (κ3) is 3.84. The number of nitro benzene ring substituents is 1. The van der Waals surface area contributed by atoms with Crippen LogP contribution in [0.15, 0.2) is 18.2 Å². The average molecular weight is 282 g/mol. The summed E-state index contributed by atoms with van der Waals surface area (Å²) < 4.78 is 9.87. The van der Waals surface area contributed by atoms with E-state index in [1.54, 1.807) is 19.9 Å². The second-order valence-electron chi connectivity index (χ2n) is 4.00. The third-order valence-corrected chi connectivity index (χ3v) is 2.70. The van der Waals surface area contributed by atoms with Gasteiger partial charge in [0.25, 0.3) is 5.69 Å². The Labute approximate surface area is 117 Å². The monoisotopic (exact) mass is 282 g/mol. The number of nitro groups is 1. The Morgan fingerprint density at radius 2 is 2.15 bits per heavy atom. The highest BCUT2D eigenvalue weighted by atomic mass is 16.6. The summed E-state index contributed by atoms with van der Waals surface area (Å²) in [6, 6.07) is 3.84.